The van der Waals surface area contributed by atoms with Gasteiger partial charge in [0.05, 0.1) is 39.1 Å². The van der Waals surface area contributed by atoms with Crippen molar-refractivity contribution in [3.8, 4) is 0 Å². The Morgan fingerprint density at radius 1 is 0.509 bits per heavy atom. The van der Waals surface area contributed by atoms with Crippen LogP contribution in [0.4, 0.5) is 5.69 Å². The van der Waals surface area contributed by atoms with Crippen LogP contribution in [0.3, 0.4) is 0 Å². The molecule has 0 saturated carbocycles. The van der Waals surface area contributed by atoms with Gasteiger partial charge in [-0.3, -0.25) is 9.80 Å². The number of pyridine rings is 3. The van der Waals surface area contributed by atoms with Crippen LogP contribution in [0.15, 0.2) is 273 Å². The van der Waals surface area contributed by atoms with Gasteiger partial charge in [-0.1, -0.05) is 254 Å². The zero-order chi connectivity index (χ0) is 72.8. The number of para-hydroxylation sites is 7. The van der Waals surface area contributed by atoms with E-state index < -0.39 is 20.1 Å². The lowest BCUT2D eigenvalue weighted by Crippen LogP contribution is -2.48. The zero-order valence-electron chi connectivity index (χ0n) is 60.2. The van der Waals surface area contributed by atoms with Gasteiger partial charge in [0.1, 0.15) is 0 Å². The van der Waals surface area contributed by atoms with E-state index in [0.717, 1.165) is 131 Å². The molecular weight excluding hydrogens is 1380 g/mol. The molecule has 5 heterocycles. The average molecular weight is 1470 g/mol. The van der Waals surface area contributed by atoms with Crippen molar-refractivity contribution < 1.29 is 29.4 Å². The Kier molecular flexibility index (Phi) is 24.3. The Hall–Kier alpha value is -9.24. The number of rotatable bonds is 24. The molecule has 12 aromatic rings. The van der Waals surface area contributed by atoms with E-state index in [-0.39, 0.29) is 24.5 Å². The lowest BCUT2D eigenvalue weighted by molar-refractivity contribution is 0.0342. The fourth-order valence-corrected chi connectivity index (χ4v) is 15.8. The quantitative estimate of drug-likeness (QED) is 0.0131. The Balaban J connectivity index is 0.000000156. The fourth-order valence-electron chi connectivity index (χ4n) is 15.2. The predicted octanol–water partition coefficient (Wildman–Crippen LogP) is 14.4. The van der Waals surface area contributed by atoms with Crippen LogP contribution in [-0.4, -0.2) is 125 Å². The van der Waals surface area contributed by atoms with E-state index in [4.69, 9.17) is 24.3 Å². The Bertz CT molecular complexity index is 4930. The molecule has 7 N–H and O–H groups in total. The third-order valence-corrected chi connectivity index (χ3v) is 21.2. The van der Waals surface area contributed by atoms with Crippen molar-refractivity contribution in [3.05, 3.63) is 306 Å². The van der Waals surface area contributed by atoms with Gasteiger partial charge < -0.3 is 45.4 Å². The third kappa shape index (κ3) is 17.6. The number of alkyl halides is 1. The number of anilines is 1. The molecule has 18 heteroatoms. The molecule has 3 aromatic heterocycles. The van der Waals surface area contributed by atoms with Gasteiger partial charge in [-0.05, 0) is 131 Å². The van der Waals surface area contributed by atoms with Gasteiger partial charge >= 0.3 is 21.4 Å². The van der Waals surface area contributed by atoms with Gasteiger partial charge in [-0.2, -0.15) is 0 Å². The number of allylic oxidation sites excluding steroid dienone is 5. The molecule has 4 aliphatic rings. The average Bonchev–Trinajstić information content (AvgIpc) is 0.793. The maximum absolute atomic E-state index is 10.4. The maximum atomic E-state index is 10.4. The molecule has 2 aliphatic heterocycles. The number of benzene rings is 9. The summed E-state index contributed by atoms with van der Waals surface area (Å²) in [4.78, 5) is 19.5. The summed E-state index contributed by atoms with van der Waals surface area (Å²) in [6.07, 6.45) is 18.4. The molecule has 9 aromatic carbocycles. The summed E-state index contributed by atoms with van der Waals surface area (Å²) in [7, 11) is -3.23. The minimum atomic E-state index is -1.57. The second-order valence-electron chi connectivity index (χ2n) is 28.7. The zero-order valence-corrected chi connectivity index (χ0v) is 61.8. The first-order valence-corrected chi connectivity index (χ1v) is 38.2. The first-order valence-electron chi connectivity index (χ1n) is 37.0. The van der Waals surface area contributed by atoms with E-state index >= 15 is 0 Å². The normalized spacial score (nSPS) is 16.5. The van der Waals surface area contributed by atoms with Crippen LogP contribution in [-0.2, 0) is 40.8 Å². The van der Waals surface area contributed by atoms with Crippen LogP contribution in [0.25, 0.3) is 71.0 Å². The molecular formula is C88H90B3BrN8O6. The predicted molar refractivity (Wildman–Crippen MR) is 442 cm³/mol. The highest BCUT2D eigenvalue weighted by molar-refractivity contribution is 9.08. The highest BCUT2D eigenvalue weighted by atomic mass is 79.9. The van der Waals surface area contributed by atoms with E-state index in [2.05, 4.69) is 256 Å². The summed E-state index contributed by atoms with van der Waals surface area (Å²) in [6, 6.07) is 74.7. The molecule has 0 spiro atoms. The summed E-state index contributed by atoms with van der Waals surface area (Å²) >= 11 is 3.49. The van der Waals surface area contributed by atoms with Crippen molar-refractivity contribution in [1.29, 1.82) is 0 Å². The number of aromatic nitrogens is 3. The SMILES string of the molecule is CC1(C)COB(c2ccccc2CBr)OC1.OB(O)c1ccccc1CN(CCCN(Cc1c2ccccc2nc2ccccc12)CC1C=CC=CC1B(O)O)CC1=C2C=CC=CC2Nc2ccccc21.c1ccc2c(CNCCCNCc3c4ccccc4nc4ccccc34)c3ccccc3nc2c1. The van der Waals surface area contributed by atoms with Crippen molar-refractivity contribution in [2.24, 2.45) is 11.3 Å². The molecule has 14 nitrogen and oxygen atoms in total. The van der Waals surface area contributed by atoms with E-state index in [0.29, 0.717) is 31.6 Å². The van der Waals surface area contributed by atoms with Crippen LogP contribution in [0, 0.1) is 11.3 Å². The first kappa shape index (κ1) is 73.7. The topological polar surface area (TPSA) is 181 Å². The van der Waals surface area contributed by atoms with Gasteiger partial charge in [0, 0.05) is 119 Å². The molecule has 1 fully saturated rings. The van der Waals surface area contributed by atoms with Crippen LogP contribution in [0.2, 0.25) is 5.82 Å². The van der Waals surface area contributed by atoms with E-state index in [1.165, 1.54) is 60.5 Å². The van der Waals surface area contributed by atoms with Crippen LogP contribution >= 0.6 is 15.9 Å². The summed E-state index contributed by atoms with van der Waals surface area (Å²) in [6.45, 7) is 13.4. The smallest absolute Gasteiger partial charge is 0.427 e. The molecule has 0 bridgehead atoms. The Labute approximate surface area is 630 Å². The third-order valence-electron chi connectivity index (χ3n) is 20.6. The Morgan fingerprint density at radius 2 is 0.981 bits per heavy atom. The summed E-state index contributed by atoms with van der Waals surface area (Å²) in [5.74, 6) is -0.491. The first-order chi connectivity index (χ1) is 51.9. The number of hydrogen-bond donors (Lipinski definition) is 7. The largest absolute Gasteiger partial charge is 0.494 e. The molecule has 2 aliphatic carbocycles. The minimum Gasteiger partial charge on any atom is -0.427 e. The van der Waals surface area contributed by atoms with Crippen LogP contribution in [0.1, 0.15) is 60.1 Å². The standard InChI is InChI=1S/C45H46B2N4O4.C31H28N4.C12H16BBrO2/c52-46(53)40-20-7-1-14-32(40)28-50(30-38-34-16-3-9-22-42(34)48-43-23-10-4-17-35(38)43)26-13-27-51(29-33-15-2-8-21-41(33)47(54)55)31-39-36-18-5-11-24-44(36)49-45-25-12-6-19-37(39)45;1-5-14-28-22(10-1)26(23-11-2-6-15-29(23)34-28)20-32-18-9-19-33-21-27-24-12-3-7-16-30(24)35-31-17-8-4-13-25(27)31;1-12(2)8-15-13(16-9-12)11-6-4-3-5-10(11)7-14/h1-12,14-25,32,40,44,49,52-55H,13,26-31H2;1-8,10-17,32-33H,9,18-21H2;3-6H,7-9H2,1-2H3. The van der Waals surface area contributed by atoms with E-state index in [1.54, 1.807) is 6.07 Å². The summed E-state index contributed by atoms with van der Waals surface area (Å²) in [5, 5.41) is 60.4. The molecule has 0 radical (unpaired) electrons. The van der Waals surface area contributed by atoms with Crippen molar-refractivity contribution >= 4 is 125 Å². The highest BCUT2D eigenvalue weighted by Gasteiger charge is 2.35. The van der Waals surface area contributed by atoms with Crippen LogP contribution in [0.5, 0.6) is 0 Å². The second-order valence-corrected chi connectivity index (χ2v) is 29.2. The molecule has 3 unspecified atom stereocenters. The van der Waals surface area contributed by atoms with Crippen molar-refractivity contribution in [2.75, 3.05) is 57.8 Å². The van der Waals surface area contributed by atoms with Crippen molar-refractivity contribution in [3.63, 3.8) is 0 Å². The number of hydrogen-bond acceptors (Lipinski definition) is 14. The lowest BCUT2D eigenvalue weighted by Gasteiger charge is -2.34. The molecule has 1 saturated heterocycles. The van der Waals surface area contributed by atoms with Crippen molar-refractivity contribution in [1.82, 2.24) is 35.4 Å². The number of nitrogens with one attached hydrogen (secondary N) is 3. The monoisotopic (exact) mass is 1470 g/mol. The van der Waals surface area contributed by atoms with Gasteiger partial charge in [-0.25, -0.2) is 15.0 Å². The highest BCUT2D eigenvalue weighted by Crippen LogP contribution is 2.38. The molecule has 3 atom stereocenters. The fraction of sp³-hybridized carbons (Fsp3) is 0.239. The molecule has 0 amide bonds. The number of halogens is 1. The second kappa shape index (κ2) is 35.0. The molecule has 106 heavy (non-hydrogen) atoms. The van der Waals surface area contributed by atoms with Gasteiger partial charge in [-0.15, -0.1) is 0 Å². The van der Waals surface area contributed by atoms with Crippen LogP contribution < -0.4 is 26.9 Å². The molecule has 16 rings (SSSR count). The Morgan fingerprint density at radius 3 is 1.53 bits per heavy atom. The summed E-state index contributed by atoms with van der Waals surface area (Å²) in [5.41, 5.74) is 18.7. The lowest BCUT2D eigenvalue weighted by atomic mass is 9.64. The van der Waals surface area contributed by atoms with Crippen molar-refractivity contribution in [2.45, 2.75) is 70.1 Å². The minimum absolute atomic E-state index is 0.0798. The maximum Gasteiger partial charge on any atom is 0.494 e. The number of fused-ring (bicyclic) bond motifs is 8. The van der Waals surface area contributed by atoms with Gasteiger partial charge in [0.15, 0.2) is 0 Å². The number of nitrogens with zero attached hydrogens (tertiary/aromatic N) is 5. The van der Waals surface area contributed by atoms with E-state index in [9.17, 15) is 20.1 Å². The van der Waals surface area contributed by atoms with Gasteiger partial charge in [0.2, 0.25) is 0 Å². The summed E-state index contributed by atoms with van der Waals surface area (Å²) < 4.78 is 11.6. The van der Waals surface area contributed by atoms with Gasteiger partial charge in [0.25, 0.3) is 0 Å². The van der Waals surface area contributed by atoms with E-state index in [1.807, 2.05) is 60.7 Å². The molecule has 534 valence electrons.